The van der Waals surface area contributed by atoms with E-state index in [-0.39, 0.29) is 5.91 Å². The van der Waals surface area contributed by atoms with Gasteiger partial charge in [-0.25, -0.2) is 0 Å². The Balaban J connectivity index is 1.69. The summed E-state index contributed by atoms with van der Waals surface area (Å²) in [6.07, 6.45) is 1.84. The zero-order chi connectivity index (χ0) is 21.7. The monoisotopic (exact) mass is 555 g/mol. The fourth-order valence-corrected chi connectivity index (χ4v) is 5.06. The molecule has 5 nitrogen and oxygen atoms in total. The van der Waals surface area contributed by atoms with E-state index < -0.39 is 0 Å². The summed E-state index contributed by atoms with van der Waals surface area (Å²) in [6, 6.07) is 11.7. The van der Waals surface area contributed by atoms with E-state index in [1.54, 1.807) is 12.0 Å². The van der Waals surface area contributed by atoms with Gasteiger partial charge in [0.1, 0.15) is 23.3 Å². The van der Waals surface area contributed by atoms with Gasteiger partial charge in [-0.15, -0.1) is 0 Å². The van der Waals surface area contributed by atoms with Gasteiger partial charge in [-0.1, -0.05) is 36.1 Å². The molecule has 1 fully saturated rings. The standard InChI is InChI=1S/C22H22INO4S2/c1-4-24-21(25)19(30-22(24)29)13-15-11-17(23)20(18(12-15)26-3)28-9-8-27-16-7-5-6-14(2)10-16/h5-7,10-13H,4,8-9H2,1-3H3. The number of rotatable bonds is 8. The van der Waals surface area contributed by atoms with Crippen molar-refractivity contribution in [2.24, 2.45) is 0 Å². The molecule has 2 aromatic rings. The Morgan fingerprint density at radius 3 is 2.63 bits per heavy atom. The van der Waals surface area contributed by atoms with Crippen molar-refractivity contribution in [1.82, 2.24) is 4.90 Å². The highest BCUT2D eigenvalue weighted by atomic mass is 127. The van der Waals surface area contributed by atoms with Crippen molar-refractivity contribution < 1.29 is 19.0 Å². The lowest BCUT2D eigenvalue weighted by Gasteiger charge is -2.14. The maximum Gasteiger partial charge on any atom is 0.266 e. The van der Waals surface area contributed by atoms with Gasteiger partial charge in [-0.2, -0.15) is 0 Å². The Morgan fingerprint density at radius 1 is 1.20 bits per heavy atom. The number of amides is 1. The van der Waals surface area contributed by atoms with Gasteiger partial charge in [0.2, 0.25) is 0 Å². The van der Waals surface area contributed by atoms with Gasteiger partial charge in [-0.3, -0.25) is 9.69 Å². The van der Waals surface area contributed by atoms with E-state index in [0.29, 0.717) is 40.5 Å². The first-order chi connectivity index (χ1) is 14.4. The molecular formula is C22H22INO4S2. The molecule has 3 rings (SSSR count). The quantitative estimate of drug-likeness (QED) is 0.191. The number of thiocarbonyl (C=S) groups is 1. The van der Waals surface area contributed by atoms with Crippen LogP contribution in [0.3, 0.4) is 0 Å². The van der Waals surface area contributed by atoms with Crippen LogP contribution in [0.15, 0.2) is 41.3 Å². The maximum atomic E-state index is 12.4. The first-order valence-electron chi connectivity index (χ1n) is 9.38. The Kier molecular flexibility index (Phi) is 8.01. The Morgan fingerprint density at radius 2 is 1.97 bits per heavy atom. The first kappa shape index (κ1) is 22.9. The van der Waals surface area contributed by atoms with Gasteiger partial charge in [0.05, 0.1) is 15.6 Å². The summed E-state index contributed by atoms with van der Waals surface area (Å²) in [5.74, 6) is 2.02. The van der Waals surface area contributed by atoms with Crippen LogP contribution in [-0.2, 0) is 4.79 Å². The van der Waals surface area contributed by atoms with Gasteiger partial charge < -0.3 is 14.2 Å². The number of hydrogen-bond donors (Lipinski definition) is 0. The molecule has 1 amide bonds. The summed E-state index contributed by atoms with van der Waals surface area (Å²) in [5.41, 5.74) is 2.01. The highest BCUT2D eigenvalue weighted by Gasteiger charge is 2.30. The van der Waals surface area contributed by atoms with Crippen LogP contribution >= 0.6 is 46.6 Å². The Bertz CT molecular complexity index is 993. The van der Waals surface area contributed by atoms with Crippen LogP contribution in [-0.4, -0.2) is 42.0 Å². The van der Waals surface area contributed by atoms with Gasteiger partial charge in [0.15, 0.2) is 11.5 Å². The van der Waals surface area contributed by atoms with E-state index in [1.807, 2.05) is 56.3 Å². The average Bonchev–Trinajstić information content (AvgIpc) is 2.98. The molecule has 0 saturated carbocycles. The molecule has 1 aliphatic heterocycles. The molecule has 0 spiro atoms. The number of nitrogens with zero attached hydrogens (tertiary/aromatic N) is 1. The second kappa shape index (κ2) is 10.5. The molecular weight excluding hydrogens is 533 g/mol. The molecule has 8 heteroatoms. The molecule has 0 atom stereocenters. The number of thioether (sulfide) groups is 1. The fraction of sp³-hybridized carbons (Fsp3) is 0.273. The number of carbonyl (C=O) groups excluding carboxylic acids is 1. The van der Waals surface area contributed by atoms with Crippen LogP contribution in [0.2, 0.25) is 0 Å². The summed E-state index contributed by atoms with van der Waals surface area (Å²) < 4.78 is 18.7. The minimum absolute atomic E-state index is 0.0601. The SMILES string of the molecule is CCN1C(=O)C(=Cc2cc(I)c(OCCOc3cccc(C)c3)c(OC)c2)SC1=S. The molecule has 0 aliphatic carbocycles. The van der Waals surface area contributed by atoms with Crippen LogP contribution in [0.25, 0.3) is 6.08 Å². The second-order valence-electron chi connectivity index (χ2n) is 6.47. The summed E-state index contributed by atoms with van der Waals surface area (Å²) in [6.45, 7) is 5.31. The summed E-state index contributed by atoms with van der Waals surface area (Å²) in [7, 11) is 1.60. The molecule has 30 heavy (non-hydrogen) atoms. The number of likely N-dealkylation sites (N-methyl/N-ethyl adjacent to an activating group) is 1. The van der Waals surface area contributed by atoms with E-state index in [1.165, 1.54) is 11.8 Å². The minimum Gasteiger partial charge on any atom is -0.493 e. The van der Waals surface area contributed by atoms with E-state index >= 15 is 0 Å². The van der Waals surface area contributed by atoms with E-state index in [0.717, 1.165) is 20.4 Å². The van der Waals surface area contributed by atoms with Crippen molar-refractivity contribution in [3.05, 3.63) is 56.0 Å². The van der Waals surface area contributed by atoms with Gasteiger partial charge in [0, 0.05) is 6.54 Å². The summed E-state index contributed by atoms with van der Waals surface area (Å²) >= 11 is 8.80. The molecule has 0 bridgehead atoms. The van der Waals surface area contributed by atoms with E-state index in [4.69, 9.17) is 26.4 Å². The number of benzene rings is 2. The summed E-state index contributed by atoms with van der Waals surface area (Å²) in [5, 5.41) is 0. The van der Waals surface area contributed by atoms with Crippen LogP contribution in [0, 0.1) is 10.5 Å². The predicted molar refractivity (Wildman–Crippen MR) is 133 cm³/mol. The third-order valence-electron chi connectivity index (χ3n) is 4.33. The zero-order valence-electron chi connectivity index (χ0n) is 16.9. The molecule has 1 aliphatic rings. The zero-order valence-corrected chi connectivity index (χ0v) is 20.7. The topological polar surface area (TPSA) is 48.0 Å². The lowest BCUT2D eigenvalue weighted by atomic mass is 10.2. The van der Waals surface area contributed by atoms with Crippen molar-refractivity contribution >= 4 is 62.9 Å². The highest BCUT2D eigenvalue weighted by Crippen LogP contribution is 2.37. The smallest absolute Gasteiger partial charge is 0.266 e. The van der Waals surface area contributed by atoms with E-state index in [9.17, 15) is 4.79 Å². The Hall–Kier alpha value is -1.78. The number of ether oxygens (including phenoxy) is 3. The van der Waals surface area contributed by atoms with Crippen molar-refractivity contribution in [3.63, 3.8) is 0 Å². The first-order valence-corrected chi connectivity index (χ1v) is 11.7. The molecule has 1 saturated heterocycles. The van der Waals surface area contributed by atoms with Crippen molar-refractivity contribution in [2.45, 2.75) is 13.8 Å². The predicted octanol–water partition coefficient (Wildman–Crippen LogP) is 5.29. The van der Waals surface area contributed by atoms with Gasteiger partial charge >= 0.3 is 0 Å². The fourth-order valence-electron chi connectivity index (χ4n) is 2.90. The highest BCUT2D eigenvalue weighted by molar-refractivity contribution is 14.1. The van der Waals surface area contributed by atoms with Crippen molar-refractivity contribution in [1.29, 1.82) is 0 Å². The average molecular weight is 555 g/mol. The largest absolute Gasteiger partial charge is 0.493 e. The molecule has 158 valence electrons. The molecule has 0 aromatic heterocycles. The lowest BCUT2D eigenvalue weighted by molar-refractivity contribution is -0.121. The summed E-state index contributed by atoms with van der Waals surface area (Å²) in [4.78, 5) is 14.7. The molecule has 0 unspecified atom stereocenters. The van der Waals surface area contributed by atoms with E-state index in [2.05, 4.69) is 22.6 Å². The third kappa shape index (κ3) is 5.47. The van der Waals surface area contributed by atoms with Crippen LogP contribution in [0.5, 0.6) is 17.2 Å². The molecule has 0 N–H and O–H groups in total. The maximum absolute atomic E-state index is 12.4. The second-order valence-corrected chi connectivity index (χ2v) is 9.31. The van der Waals surface area contributed by atoms with Crippen LogP contribution in [0.4, 0.5) is 0 Å². The number of carbonyl (C=O) groups is 1. The van der Waals surface area contributed by atoms with Gasteiger partial charge in [0.25, 0.3) is 5.91 Å². The Labute approximate surface area is 199 Å². The van der Waals surface area contributed by atoms with Crippen molar-refractivity contribution in [3.8, 4) is 17.2 Å². The minimum atomic E-state index is -0.0601. The number of halogens is 1. The van der Waals surface area contributed by atoms with Crippen LogP contribution in [0.1, 0.15) is 18.1 Å². The molecule has 2 aromatic carbocycles. The molecule has 0 radical (unpaired) electrons. The number of aryl methyl sites for hydroxylation is 1. The van der Waals surface area contributed by atoms with Gasteiger partial charge in [-0.05, 0) is 77.9 Å². The molecule has 1 heterocycles. The lowest BCUT2D eigenvalue weighted by Crippen LogP contribution is -2.27. The number of hydrogen-bond acceptors (Lipinski definition) is 6. The van der Waals surface area contributed by atoms with Crippen LogP contribution < -0.4 is 14.2 Å². The third-order valence-corrected chi connectivity index (χ3v) is 6.51. The van der Waals surface area contributed by atoms with Crippen molar-refractivity contribution in [2.75, 3.05) is 26.9 Å². The normalized spacial score (nSPS) is 15.1. The number of methoxy groups -OCH3 is 1.